The first-order valence-corrected chi connectivity index (χ1v) is 6.46. The molecule has 0 saturated carbocycles. The Balaban J connectivity index is 3.57. The molecule has 0 aromatic heterocycles. The van der Waals surface area contributed by atoms with Crippen molar-refractivity contribution < 1.29 is 9.85 Å². The van der Waals surface area contributed by atoms with Crippen molar-refractivity contribution in [1.29, 1.82) is 5.26 Å². The zero-order valence-corrected chi connectivity index (χ0v) is 12.0. The monoisotopic (exact) mass is 292 g/mol. The molecule has 1 N–H and O–H groups in total. The molecule has 112 valence electrons. The highest BCUT2D eigenvalue weighted by Gasteiger charge is 2.31. The summed E-state index contributed by atoms with van der Waals surface area (Å²) in [5.41, 5.74) is -0.945. The van der Waals surface area contributed by atoms with Gasteiger partial charge in [-0.3, -0.25) is 20.2 Å². The standard InChI is InChI=1S/C13H16N4O4/c1-4-5-8(2)15-12-11(16(18)19)6-10(7-14)9(3)13(12)17(20)21/h6,8,15H,4-5H2,1-3H3. The molecular weight excluding hydrogens is 276 g/mol. The lowest BCUT2D eigenvalue weighted by atomic mass is 10.0. The second kappa shape index (κ2) is 6.65. The second-order valence-electron chi connectivity index (χ2n) is 4.75. The van der Waals surface area contributed by atoms with E-state index in [9.17, 15) is 20.2 Å². The smallest absolute Gasteiger partial charge is 0.303 e. The Hall–Kier alpha value is -2.69. The van der Waals surface area contributed by atoms with E-state index < -0.39 is 21.2 Å². The molecule has 0 spiro atoms. The number of benzene rings is 1. The molecule has 0 aliphatic heterocycles. The van der Waals surface area contributed by atoms with E-state index in [0.29, 0.717) is 6.42 Å². The van der Waals surface area contributed by atoms with Crippen LogP contribution in [0.1, 0.15) is 37.8 Å². The molecule has 0 aliphatic rings. The van der Waals surface area contributed by atoms with Crippen LogP contribution in [0.25, 0.3) is 0 Å². The highest BCUT2D eigenvalue weighted by molar-refractivity contribution is 5.79. The molecule has 1 atom stereocenters. The lowest BCUT2D eigenvalue weighted by Crippen LogP contribution is -2.17. The van der Waals surface area contributed by atoms with E-state index in [1.807, 2.05) is 6.92 Å². The Morgan fingerprint density at radius 3 is 2.43 bits per heavy atom. The van der Waals surface area contributed by atoms with Crippen molar-refractivity contribution in [3.05, 3.63) is 37.4 Å². The summed E-state index contributed by atoms with van der Waals surface area (Å²) < 4.78 is 0. The Morgan fingerprint density at radius 1 is 1.38 bits per heavy atom. The molecule has 0 aliphatic carbocycles. The quantitative estimate of drug-likeness (QED) is 0.634. The molecule has 0 radical (unpaired) electrons. The average Bonchev–Trinajstić information content (AvgIpc) is 2.38. The van der Waals surface area contributed by atoms with Crippen molar-refractivity contribution in [1.82, 2.24) is 0 Å². The van der Waals surface area contributed by atoms with Crippen LogP contribution in [-0.2, 0) is 0 Å². The highest BCUT2D eigenvalue weighted by Crippen LogP contribution is 2.39. The third-order valence-corrected chi connectivity index (χ3v) is 3.15. The van der Waals surface area contributed by atoms with E-state index in [1.165, 1.54) is 6.92 Å². The van der Waals surface area contributed by atoms with Gasteiger partial charge in [0.1, 0.15) is 0 Å². The van der Waals surface area contributed by atoms with Gasteiger partial charge >= 0.3 is 11.4 Å². The van der Waals surface area contributed by atoms with Crippen LogP contribution < -0.4 is 5.32 Å². The molecule has 0 amide bonds. The van der Waals surface area contributed by atoms with Gasteiger partial charge in [0.05, 0.1) is 21.5 Å². The number of nitro groups is 2. The maximum Gasteiger partial charge on any atom is 0.303 e. The van der Waals surface area contributed by atoms with E-state index in [1.54, 1.807) is 13.0 Å². The number of nitro benzene ring substituents is 2. The zero-order valence-electron chi connectivity index (χ0n) is 12.0. The summed E-state index contributed by atoms with van der Waals surface area (Å²) in [6.07, 6.45) is 1.55. The minimum Gasteiger partial charge on any atom is -0.371 e. The number of nitrogens with one attached hydrogen (secondary N) is 1. The predicted molar refractivity (Wildman–Crippen MR) is 77.2 cm³/mol. The lowest BCUT2D eigenvalue weighted by molar-refractivity contribution is -0.392. The van der Waals surface area contributed by atoms with Crippen molar-refractivity contribution in [3.63, 3.8) is 0 Å². The fourth-order valence-corrected chi connectivity index (χ4v) is 2.14. The van der Waals surface area contributed by atoms with Crippen LogP contribution in [0.5, 0.6) is 0 Å². The molecule has 0 heterocycles. The van der Waals surface area contributed by atoms with Crippen molar-refractivity contribution in [2.75, 3.05) is 5.32 Å². The largest absolute Gasteiger partial charge is 0.371 e. The van der Waals surface area contributed by atoms with Crippen LogP contribution in [0.3, 0.4) is 0 Å². The molecule has 0 fully saturated rings. The van der Waals surface area contributed by atoms with Gasteiger partial charge in [-0.25, -0.2) is 0 Å². The van der Waals surface area contributed by atoms with E-state index in [-0.39, 0.29) is 22.9 Å². The van der Waals surface area contributed by atoms with Gasteiger partial charge < -0.3 is 5.32 Å². The summed E-state index contributed by atoms with van der Waals surface area (Å²) in [7, 11) is 0. The van der Waals surface area contributed by atoms with Crippen molar-refractivity contribution in [3.8, 4) is 6.07 Å². The highest BCUT2D eigenvalue weighted by atomic mass is 16.6. The van der Waals surface area contributed by atoms with Gasteiger partial charge in [-0.15, -0.1) is 0 Å². The first kappa shape index (κ1) is 16.4. The normalized spacial score (nSPS) is 11.5. The summed E-state index contributed by atoms with van der Waals surface area (Å²) in [5.74, 6) is 0. The van der Waals surface area contributed by atoms with E-state index in [2.05, 4.69) is 5.32 Å². The van der Waals surface area contributed by atoms with Crippen LogP contribution >= 0.6 is 0 Å². The Labute approximate surface area is 121 Å². The molecule has 0 bridgehead atoms. The number of rotatable bonds is 6. The SMILES string of the molecule is CCCC(C)Nc1c([N+](=O)[O-])cc(C#N)c(C)c1[N+](=O)[O-]. The minimum atomic E-state index is -0.714. The van der Waals surface area contributed by atoms with Crippen LogP contribution in [0.2, 0.25) is 0 Å². The summed E-state index contributed by atoms with van der Waals surface area (Å²) in [6.45, 7) is 5.16. The van der Waals surface area contributed by atoms with Gasteiger partial charge in [0, 0.05) is 17.7 Å². The number of anilines is 1. The molecule has 0 saturated heterocycles. The first-order valence-electron chi connectivity index (χ1n) is 6.46. The van der Waals surface area contributed by atoms with E-state index in [0.717, 1.165) is 12.5 Å². The van der Waals surface area contributed by atoms with Crippen molar-refractivity contribution in [2.24, 2.45) is 0 Å². The van der Waals surface area contributed by atoms with Crippen molar-refractivity contribution in [2.45, 2.75) is 39.7 Å². The maximum atomic E-state index is 11.3. The number of hydrogen-bond acceptors (Lipinski definition) is 6. The number of hydrogen-bond donors (Lipinski definition) is 1. The second-order valence-corrected chi connectivity index (χ2v) is 4.75. The average molecular weight is 292 g/mol. The molecule has 21 heavy (non-hydrogen) atoms. The Kier molecular flexibility index (Phi) is 5.18. The van der Waals surface area contributed by atoms with Crippen LogP contribution in [0, 0.1) is 38.5 Å². The van der Waals surface area contributed by atoms with Gasteiger partial charge in [0.25, 0.3) is 0 Å². The van der Waals surface area contributed by atoms with Gasteiger partial charge in [0.2, 0.25) is 0 Å². The summed E-state index contributed by atoms with van der Waals surface area (Å²) in [6, 6.07) is 2.67. The molecule has 1 rings (SSSR count). The third kappa shape index (κ3) is 3.45. The summed E-state index contributed by atoms with van der Waals surface area (Å²) >= 11 is 0. The predicted octanol–water partition coefficient (Wildman–Crippen LogP) is 3.28. The fourth-order valence-electron chi connectivity index (χ4n) is 2.14. The molecule has 1 aromatic rings. The molecule has 1 unspecified atom stereocenters. The van der Waals surface area contributed by atoms with Crippen molar-refractivity contribution >= 4 is 17.1 Å². The van der Waals surface area contributed by atoms with Gasteiger partial charge in [-0.05, 0) is 20.3 Å². The van der Waals surface area contributed by atoms with Gasteiger partial charge in [0.15, 0.2) is 5.69 Å². The van der Waals surface area contributed by atoms with E-state index >= 15 is 0 Å². The third-order valence-electron chi connectivity index (χ3n) is 3.15. The van der Waals surface area contributed by atoms with E-state index in [4.69, 9.17) is 5.26 Å². The number of nitrogens with zero attached hydrogens (tertiary/aromatic N) is 3. The van der Waals surface area contributed by atoms with Crippen LogP contribution in [0.15, 0.2) is 6.07 Å². The minimum absolute atomic E-state index is 0.0675. The van der Waals surface area contributed by atoms with Gasteiger partial charge in [-0.1, -0.05) is 13.3 Å². The Morgan fingerprint density at radius 2 is 2.00 bits per heavy atom. The Bertz CT molecular complexity index is 622. The number of nitriles is 1. The van der Waals surface area contributed by atoms with Crippen LogP contribution in [0.4, 0.5) is 17.1 Å². The van der Waals surface area contributed by atoms with Gasteiger partial charge in [-0.2, -0.15) is 5.26 Å². The topological polar surface area (TPSA) is 122 Å². The molecular formula is C13H16N4O4. The lowest BCUT2D eigenvalue weighted by Gasteiger charge is -2.15. The fraction of sp³-hybridized carbons (Fsp3) is 0.462. The molecule has 8 nitrogen and oxygen atoms in total. The summed E-state index contributed by atoms with van der Waals surface area (Å²) in [4.78, 5) is 21.0. The molecule has 1 aromatic carbocycles. The summed E-state index contributed by atoms with van der Waals surface area (Å²) in [5, 5.41) is 34.2. The zero-order chi connectivity index (χ0) is 16.2. The first-order chi connectivity index (χ1) is 9.83. The maximum absolute atomic E-state index is 11.3. The molecule has 8 heteroatoms. The van der Waals surface area contributed by atoms with Crippen LogP contribution in [-0.4, -0.2) is 15.9 Å².